The summed E-state index contributed by atoms with van der Waals surface area (Å²) in [7, 11) is 0. The standard InChI is InChI=1S/C26H37NO3/c1-3-5-7-9-11-19-30-25-15-12-22(26(28)20-25)21-27-23-13-16-24(17-14-23)29-18-10-8-6-4-2/h12-17,20-21,28H,3-11,18-19H2,1-2H3. The molecule has 0 fully saturated rings. The van der Waals surface area contributed by atoms with Gasteiger partial charge in [-0.05, 0) is 49.2 Å². The predicted molar refractivity (Wildman–Crippen MR) is 126 cm³/mol. The Morgan fingerprint density at radius 3 is 1.93 bits per heavy atom. The van der Waals surface area contributed by atoms with Crippen molar-refractivity contribution >= 4 is 11.9 Å². The Morgan fingerprint density at radius 1 is 0.733 bits per heavy atom. The average Bonchev–Trinajstić information content (AvgIpc) is 2.76. The normalized spacial score (nSPS) is 11.1. The van der Waals surface area contributed by atoms with Crippen molar-refractivity contribution < 1.29 is 14.6 Å². The zero-order valence-corrected chi connectivity index (χ0v) is 18.6. The van der Waals surface area contributed by atoms with E-state index in [1.54, 1.807) is 12.3 Å². The molecule has 1 N–H and O–H groups in total. The van der Waals surface area contributed by atoms with Crippen LogP contribution < -0.4 is 9.47 Å². The second-order valence-corrected chi connectivity index (χ2v) is 7.64. The number of nitrogens with zero attached hydrogens (tertiary/aromatic N) is 1. The Morgan fingerprint density at radius 2 is 1.30 bits per heavy atom. The van der Waals surface area contributed by atoms with Crippen LogP contribution in [0, 0.1) is 0 Å². The second-order valence-electron chi connectivity index (χ2n) is 7.64. The van der Waals surface area contributed by atoms with Crippen LogP contribution in [0.15, 0.2) is 47.5 Å². The van der Waals surface area contributed by atoms with E-state index >= 15 is 0 Å². The van der Waals surface area contributed by atoms with E-state index in [-0.39, 0.29) is 5.75 Å². The molecule has 0 atom stereocenters. The molecular formula is C26H37NO3. The van der Waals surface area contributed by atoms with Crippen LogP contribution in [0.5, 0.6) is 17.2 Å². The lowest BCUT2D eigenvalue weighted by Crippen LogP contribution is -1.97. The summed E-state index contributed by atoms with van der Waals surface area (Å²) in [4.78, 5) is 4.45. The minimum absolute atomic E-state index is 0.175. The molecular weight excluding hydrogens is 374 g/mol. The molecule has 0 aliphatic carbocycles. The molecule has 0 aromatic heterocycles. The molecule has 2 rings (SSSR count). The summed E-state index contributed by atoms with van der Waals surface area (Å²) < 4.78 is 11.5. The maximum atomic E-state index is 10.3. The van der Waals surface area contributed by atoms with Gasteiger partial charge in [0.1, 0.15) is 17.2 Å². The number of hydrogen-bond acceptors (Lipinski definition) is 4. The van der Waals surface area contributed by atoms with Crippen LogP contribution in [-0.4, -0.2) is 24.5 Å². The lowest BCUT2D eigenvalue weighted by Gasteiger charge is -2.08. The van der Waals surface area contributed by atoms with Crippen LogP contribution in [0.1, 0.15) is 77.2 Å². The van der Waals surface area contributed by atoms with Gasteiger partial charge in [-0.25, -0.2) is 0 Å². The first kappa shape index (κ1) is 23.8. The molecule has 0 heterocycles. The van der Waals surface area contributed by atoms with Gasteiger partial charge in [0, 0.05) is 17.8 Å². The maximum Gasteiger partial charge on any atom is 0.128 e. The molecule has 2 aromatic carbocycles. The van der Waals surface area contributed by atoms with Crippen LogP contribution >= 0.6 is 0 Å². The van der Waals surface area contributed by atoms with Crippen LogP contribution in [0.4, 0.5) is 5.69 Å². The Balaban J connectivity index is 1.78. The van der Waals surface area contributed by atoms with E-state index in [9.17, 15) is 5.11 Å². The summed E-state index contributed by atoms with van der Waals surface area (Å²) in [5.74, 6) is 1.74. The SMILES string of the molecule is CCCCCCCOc1ccc(C=Nc2ccc(OCCCCCC)cc2)c(O)c1. The molecule has 30 heavy (non-hydrogen) atoms. The summed E-state index contributed by atoms with van der Waals surface area (Å²) in [5, 5.41) is 10.3. The van der Waals surface area contributed by atoms with E-state index in [2.05, 4.69) is 18.8 Å². The molecule has 0 amide bonds. The lowest BCUT2D eigenvalue weighted by atomic mass is 10.2. The third-order valence-corrected chi connectivity index (χ3v) is 4.97. The minimum atomic E-state index is 0.175. The Hall–Kier alpha value is -2.49. The largest absolute Gasteiger partial charge is 0.507 e. The summed E-state index contributed by atoms with van der Waals surface area (Å²) in [6.45, 7) is 5.86. The van der Waals surface area contributed by atoms with Gasteiger partial charge in [-0.1, -0.05) is 58.8 Å². The van der Waals surface area contributed by atoms with Gasteiger partial charge in [0.25, 0.3) is 0 Å². The molecule has 164 valence electrons. The van der Waals surface area contributed by atoms with Gasteiger partial charge >= 0.3 is 0 Å². The first-order valence-corrected chi connectivity index (χ1v) is 11.5. The van der Waals surface area contributed by atoms with Gasteiger partial charge in [-0.2, -0.15) is 0 Å². The highest BCUT2D eigenvalue weighted by Crippen LogP contribution is 2.24. The van der Waals surface area contributed by atoms with Gasteiger partial charge in [-0.15, -0.1) is 0 Å². The molecule has 0 saturated carbocycles. The van der Waals surface area contributed by atoms with Crippen molar-refractivity contribution in [3.8, 4) is 17.2 Å². The number of aliphatic imine (C=N–C) groups is 1. The average molecular weight is 412 g/mol. The number of phenols is 1. The van der Waals surface area contributed by atoms with Crippen molar-refractivity contribution in [1.82, 2.24) is 0 Å². The van der Waals surface area contributed by atoms with Crippen LogP contribution in [-0.2, 0) is 0 Å². The monoisotopic (exact) mass is 411 g/mol. The van der Waals surface area contributed by atoms with Crippen LogP contribution in [0.3, 0.4) is 0 Å². The predicted octanol–water partition coefficient (Wildman–Crippen LogP) is 7.45. The second kappa shape index (κ2) is 14.5. The van der Waals surface area contributed by atoms with Crippen molar-refractivity contribution in [3.05, 3.63) is 48.0 Å². The quantitative estimate of drug-likeness (QED) is 0.244. The fourth-order valence-corrected chi connectivity index (χ4v) is 3.11. The molecule has 4 nitrogen and oxygen atoms in total. The van der Waals surface area contributed by atoms with Gasteiger partial charge < -0.3 is 14.6 Å². The number of unbranched alkanes of at least 4 members (excludes halogenated alkanes) is 7. The number of ether oxygens (including phenoxy) is 2. The third-order valence-electron chi connectivity index (χ3n) is 4.97. The molecule has 0 bridgehead atoms. The van der Waals surface area contributed by atoms with Crippen LogP contribution in [0.2, 0.25) is 0 Å². The fraction of sp³-hybridized carbons (Fsp3) is 0.500. The topological polar surface area (TPSA) is 51.0 Å². The number of rotatable bonds is 15. The van der Waals surface area contributed by atoms with Crippen molar-refractivity contribution in [2.75, 3.05) is 13.2 Å². The van der Waals surface area contributed by atoms with Gasteiger partial charge in [-0.3, -0.25) is 4.99 Å². The van der Waals surface area contributed by atoms with Crippen molar-refractivity contribution in [3.63, 3.8) is 0 Å². The summed E-state index contributed by atoms with van der Waals surface area (Å²) >= 11 is 0. The molecule has 4 heteroatoms. The first-order valence-electron chi connectivity index (χ1n) is 11.5. The van der Waals surface area contributed by atoms with E-state index in [4.69, 9.17) is 9.47 Å². The smallest absolute Gasteiger partial charge is 0.128 e. The van der Waals surface area contributed by atoms with Crippen molar-refractivity contribution in [1.29, 1.82) is 0 Å². The Bertz CT molecular complexity index is 740. The minimum Gasteiger partial charge on any atom is -0.507 e. The molecule has 2 aromatic rings. The molecule has 0 spiro atoms. The molecule has 0 unspecified atom stereocenters. The van der Waals surface area contributed by atoms with Crippen molar-refractivity contribution in [2.45, 2.75) is 71.6 Å². The van der Waals surface area contributed by atoms with Crippen LogP contribution in [0.25, 0.3) is 0 Å². The highest BCUT2D eigenvalue weighted by molar-refractivity contribution is 5.85. The third kappa shape index (κ3) is 9.34. The number of benzene rings is 2. The van der Waals surface area contributed by atoms with Gasteiger partial charge in [0.15, 0.2) is 0 Å². The number of aromatic hydroxyl groups is 1. The highest BCUT2D eigenvalue weighted by atomic mass is 16.5. The van der Waals surface area contributed by atoms with E-state index < -0.39 is 0 Å². The number of phenolic OH excluding ortho intramolecular Hbond substituents is 1. The zero-order valence-electron chi connectivity index (χ0n) is 18.6. The first-order chi connectivity index (χ1) is 14.7. The fourth-order valence-electron chi connectivity index (χ4n) is 3.11. The van der Waals surface area contributed by atoms with E-state index in [0.29, 0.717) is 17.9 Å². The van der Waals surface area contributed by atoms with Crippen molar-refractivity contribution in [2.24, 2.45) is 4.99 Å². The zero-order chi connectivity index (χ0) is 21.4. The maximum absolute atomic E-state index is 10.3. The summed E-state index contributed by atoms with van der Waals surface area (Å²) in [6.07, 6.45) is 12.5. The summed E-state index contributed by atoms with van der Waals surface area (Å²) in [5.41, 5.74) is 1.49. The van der Waals surface area contributed by atoms with E-state index in [1.165, 1.54) is 44.9 Å². The molecule has 0 radical (unpaired) electrons. The number of hydrogen-bond donors (Lipinski definition) is 1. The molecule has 0 aliphatic heterocycles. The highest BCUT2D eigenvalue weighted by Gasteiger charge is 2.02. The molecule has 0 aliphatic rings. The van der Waals surface area contributed by atoms with E-state index in [0.717, 1.165) is 30.9 Å². The van der Waals surface area contributed by atoms with Gasteiger partial charge in [0.05, 0.1) is 18.9 Å². The summed E-state index contributed by atoms with van der Waals surface area (Å²) in [6, 6.07) is 13.1. The lowest BCUT2D eigenvalue weighted by molar-refractivity contribution is 0.303. The Labute approximate surface area is 182 Å². The van der Waals surface area contributed by atoms with E-state index in [1.807, 2.05) is 36.4 Å². The molecule has 0 saturated heterocycles. The Kier molecular flexibility index (Phi) is 11.5. The van der Waals surface area contributed by atoms with Gasteiger partial charge in [0.2, 0.25) is 0 Å².